The van der Waals surface area contributed by atoms with E-state index in [0.717, 1.165) is 37.0 Å². The van der Waals surface area contributed by atoms with Crippen molar-refractivity contribution in [1.82, 2.24) is 9.97 Å². The van der Waals surface area contributed by atoms with Crippen LogP contribution in [0.5, 0.6) is 11.5 Å². The molecule has 2 aromatic carbocycles. The first kappa shape index (κ1) is 35.5. The monoisotopic (exact) mass is 628 g/mol. The smallest absolute Gasteiger partial charge is 0.425 e. The normalized spacial score (nSPS) is 12.0. The van der Waals surface area contributed by atoms with Gasteiger partial charge in [-0.3, -0.25) is 0 Å². The van der Waals surface area contributed by atoms with E-state index in [2.05, 4.69) is 16.9 Å². The number of ether oxygens (including phenoxy) is 3. The molecule has 1 aromatic heterocycles. The third-order valence-electron chi connectivity index (χ3n) is 7.25. The van der Waals surface area contributed by atoms with Gasteiger partial charge < -0.3 is 14.2 Å². The molecule has 0 aliphatic rings. The van der Waals surface area contributed by atoms with Gasteiger partial charge in [0.1, 0.15) is 11.5 Å². The third-order valence-corrected chi connectivity index (χ3v) is 7.25. The van der Waals surface area contributed by atoms with E-state index in [1.807, 2.05) is 31.2 Å². The maximum atomic E-state index is 13.4. The van der Waals surface area contributed by atoms with Gasteiger partial charge in [-0.1, -0.05) is 71.6 Å². The number of rotatable bonds is 19. The molecule has 0 aliphatic carbocycles. The highest BCUT2D eigenvalue weighted by molar-refractivity contribution is 5.91. The van der Waals surface area contributed by atoms with Crippen LogP contribution in [0.1, 0.15) is 112 Å². The number of esters is 2. The van der Waals surface area contributed by atoms with E-state index in [-0.39, 0.29) is 23.3 Å². The highest BCUT2D eigenvalue weighted by Gasteiger charge is 2.42. The quantitative estimate of drug-likeness (QED) is 0.0742. The minimum atomic E-state index is -4.65. The molecule has 1 atom stereocenters. The lowest BCUT2D eigenvalue weighted by atomic mass is 10.1. The predicted molar refractivity (Wildman–Crippen MR) is 166 cm³/mol. The van der Waals surface area contributed by atoms with Gasteiger partial charge in [0.05, 0.1) is 17.7 Å². The second kappa shape index (κ2) is 18.8. The first-order chi connectivity index (χ1) is 21.7. The van der Waals surface area contributed by atoms with Crippen LogP contribution < -0.4 is 9.47 Å². The summed E-state index contributed by atoms with van der Waals surface area (Å²) in [6.45, 7) is 4.84. The van der Waals surface area contributed by atoms with Gasteiger partial charge in [-0.2, -0.15) is 13.2 Å². The van der Waals surface area contributed by atoms with E-state index in [4.69, 9.17) is 14.2 Å². The summed E-state index contributed by atoms with van der Waals surface area (Å²) in [5.74, 6) is -0.528. The largest absolute Gasteiger partial charge is 0.494 e. The molecule has 3 rings (SSSR count). The highest BCUT2D eigenvalue weighted by Crippen LogP contribution is 2.28. The summed E-state index contributed by atoms with van der Waals surface area (Å²) in [4.78, 5) is 33.5. The zero-order chi connectivity index (χ0) is 32.5. The minimum absolute atomic E-state index is 0.0838. The summed E-state index contributed by atoms with van der Waals surface area (Å²) in [5, 5.41) is 0. The molecule has 0 amide bonds. The molecule has 0 fully saturated rings. The molecule has 45 heavy (non-hydrogen) atoms. The van der Waals surface area contributed by atoms with Crippen molar-refractivity contribution in [1.29, 1.82) is 0 Å². The van der Waals surface area contributed by atoms with Crippen molar-refractivity contribution in [2.75, 3.05) is 6.61 Å². The molecule has 7 nitrogen and oxygen atoms in total. The number of nitrogens with zero attached hydrogens (tertiary/aromatic N) is 2. The number of hydrogen-bond donors (Lipinski definition) is 0. The minimum Gasteiger partial charge on any atom is -0.494 e. The second-order valence-electron chi connectivity index (χ2n) is 11.0. The Bertz CT molecular complexity index is 1300. The molecule has 0 saturated carbocycles. The van der Waals surface area contributed by atoms with Crippen LogP contribution in [0.3, 0.4) is 0 Å². The van der Waals surface area contributed by atoms with Gasteiger partial charge in [0.15, 0.2) is 11.9 Å². The first-order valence-corrected chi connectivity index (χ1v) is 15.9. The predicted octanol–water partition coefficient (Wildman–Crippen LogP) is 9.55. The van der Waals surface area contributed by atoms with E-state index in [9.17, 15) is 22.8 Å². The average molecular weight is 629 g/mol. The summed E-state index contributed by atoms with van der Waals surface area (Å²) in [6, 6.07) is 12.5. The molecular formula is C35H43F3N2O5. The zero-order valence-electron chi connectivity index (χ0n) is 26.1. The molecule has 1 heterocycles. The van der Waals surface area contributed by atoms with Crippen LogP contribution in [0.2, 0.25) is 0 Å². The fraction of sp³-hybridized carbons (Fsp3) is 0.486. The van der Waals surface area contributed by atoms with Crippen molar-refractivity contribution < 1.29 is 37.0 Å². The summed E-state index contributed by atoms with van der Waals surface area (Å²) < 4.78 is 56.0. The molecule has 244 valence electrons. The van der Waals surface area contributed by atoms with E-state index in [0.29, 0.717) is 25.3 Å². The van der Waals surface area contributed by atoms with E-state index < -0.39 is 24.2 Å². The topological polar surface area (TPSA) is 87.6 Å². The fourth-order valence-corrected chi connectivity index (χ4v) is 4.60. The summed E-state index contributed by atoms with van der Waals surface area (Å²) in [5.41, 5.74) is 0.780. The lowest BCUT2D eigenvalue weighted by Crippen LogP contribution is -2.33. The Morgan fingerprint density at radius 1 is 0.689 bits per heavy atom. The zero-order valence-corrected chi connectivity index (χ0v) is 26.1. The molecule has 10 heteroatoms. The van der Waals surface area contributed by atoms with Gasteiger partial charge in [0, 0.05) is 18.0 Å². The molecule has 0 N–H and O–H groups in total. The van der Waals surface area contributed by atoms with Crippen LogP contribution >= 0.6 is 0 Å². The highest BCUT2D eigenvalue weighted by atomic mass is 19.4. The summed E-state index contributed by atoms with van der Waals surface area (Å²) >= 11 is 0. The SMILES string of the molecule is CCCCCCCCCOc1ccc(-c2ncc(C(=O)Oc3ccc(C(=O)OC(CCCCCC)C(F)(F)F)cc3)cn2)cc1. The summed E-state index contributed by atoms with van der Waals surface area (Å²) in [7, 11) is 0. The Morgan fingerprint density at radius 3 is 1.84 bits per heavy atom. The Labute approximate surface area is 263 Å². The van der Waals surface area contributed by atoms with Crippen LogP contribution in [-0.4, -0.2) is 40.8 Å². The van der Waals surface area contributed by atoms with Crippen LogP contribution in [-0.2, 0) is 4.74 Å². The maximum Gasteiger partial charge on any atom is 0.425 e. The molecular weight excluding hydrogens is 585 g/mol. The van der Waals surface area contributed by atoms with E-state index in [1.165, 1.54) is 68.8 Å². The number of hydrogen-bond acceptors (Lipinski definition) is 7. The van der Waals surface area contributed by atoms with Crippen molar-refractivity contribution >= 4 is 11.9 Å². The van der Waals surface area contributed by atoms with Gasteiger partial charge in [0.2, 0.25) is 0 Å². The van der Waals surface area contributed by atoms with Gasteiger partial charge >= 0.3 is 18.1 Å². The van der Waals surface area contributed by atoms with Crippen molar-refractivity contribution in [3.8, 4) is 22.9 Å². The van der Waals surface area contributed by atoms with Gasteiger partial charge in [0.25, 0.3) is 0 Å². The average Bonchev–Trinajstić information content (AvgIpc) is 3.04. The van der Waals surface area contributed by atoms with Gasteiger partial charge in [-0.15, -0.1) is 0 Å². The van der Waals surface area contributed by atoms with Crippen molar-refractivity contribution in [2.45, 2.75) is 103 Å². The van der Waals surface area contributed by atoms with Crippen molar-refractivity contribution in [3.63, 3.8) is 0 Å². The molecule has 0 aliphatic heterocycles. The van der Waals surface area contributed by atoms with Crippen molar-refractivity contribution in [3.05, 3.63) is 72.1 Å². The number of carbonyl (C=O) groups excluding carboxylic acids is 2. The first-order valence-electron chi connectivity index (χ1n) is 15.9. The number of aromatic nitrogens is 2. The number of alkyl halides is 3. The Kier molecular flexibility index (Phi) is 14.8. The molecule has 1 unspecified atom stereocenters. The number of halogens is 3. The molecule has 0 saturated heterocycles. The summed E-state index contributed by atoms with van der Waals surface area (Å²) in [6.07, 6.45) is 6.78. The second-order valence-corrected chi connectivity index (χ2v) is 11.0. The number of benzene rings is 2. The molecule has 0 radical (unpaired) electrons. The third kappa shape index (κ3) is 12.5. The number of unbranched alkanes of at least 4 members (excludes halogenated alkanes) is 9. The Morgan fingerprint density at radius 2 is 1.24 bits per heavy atom. The molecule has 0 bridgehead atoms. The van der Waals surface area contributed by atoms with E-state index >= 15 is 0 Å². The molecule has 0 spiro atoms. The maximum absolute atomic E-state index is 13.4. The van der Waals surface area contributed by atoms with Crippen LogP contribution in [0, 0.1) is 0 Å². The lowest BCUT2D eigenvalue weighted by molar-refractivity contribution is -0.206. The Hall–Kier alpha value is -3.95. The lowest BCUT2D eigenvalue weighted by Gasteiger charge is -2.20. The molecule has 3 aromatic rings. The van der Waals surface area contributed by atoms with Crippen LogP contribution in [0.25, 0.3) is 11.4 Å². The fourth-order valence-electron chi connectivity index (χ4n) is 4.60. The standard InChI is InChI=1S/C35H43F3N2O5/c1-3-5-7-9-10-11-13-23-43-29-19-15-26(16-20-29)32-39-24-28(25-40-32)34(42)44-30-21-17-27(18-22-30)33(41)45-31(35(36,37)38)14-12-8-6-4-2/h15-22,24-25,31H,3-14,23H2,1-2H3. The Balaban J connectivity index is 1.47. The van der Waals surface area contributed by atoms with Gasteiger partial charge in [-0.25, -0.2) is 19.6 Å². The van der Waals surface area contributed by atoms with Gasteiger partial charge in [-0.05, 0) is 67.8 Å². The number of carbonyl (C=O) groups is 2. The van der Waals surface area contributed by atoms with Crippen molar-refractivity contribution in [2.24, 2.45) is 0 Å². The van der Waals surface area contributed by atoms with E-state index in [1.54, 1.807) is 0 Å². The van der Waals surface area contributed by atoms with Crippen LogP contribution in [0.4, 0.5) is 13.2 Å². The van der Waals surface area contributed by atoms with Crippen LogP contribution in [0.15, 0.2) is 60.9 Å².